The number of anilines is 1. The van der Waals surface area contributed by atoms with Gasteiger partial charge in [0.1, 0.15) is 0 Å². The molecule has 1 atom stereocenters. The Morgan fingerprint density at radius 2 is 2.25 bits per heavy atom. The number of hydrogen-bond donors (Lipinski definition) is 1. The van der Waals surface area contributed by atoms with Crippen molar-refractivity contribution in [2.75, 3.05) is 25.0 Å². The van der Waals surface area contributed by atoms with Crippen LogP contribution in [0.2, 0.25) is 5.02 Å². The maximum Gasteiger partial charge on any atom is 0.0992 e. The van der Waals surface area contributed by atoms with Crippen molar-refractivity contribution in [3.05, 3.63) is 28.8 Å². The molecule has 0 saturated carbocycles. The lowest BCUT2D eigenvalue weighted by molar-refractivity contribution is 0.285. The SMILES string of the molecule is CCCN1CCCC(Nc2ccc(C#N)cc2Cl)CC1. The standard InChI is InChI=1S/C16H22ClN3/c1-2-8-20-9-3-4-14(7-10-20)19-16-6-5-13(12-18)11-15(16)17/h5-6,11,14,19H,2-4,7-10H2,1H3. The minimum absolute atomic E-state index is 0.474. The summed E-state index contributed by atoms with van der Waals surface area (Å²) < 4.78 is 0. The molecular weight excluding hydrogens is 270 g/mol. The Kier molecular flexibility index (Phi) is 5.70. The van der Waals surface area contributed by atoms with Gasteiger partial charge in [0.25, 0.3) is 0 Å². The predicted octanol–water partition coefficient (Wildman–Crippen LogP) is 3.89. The van der Waals surface area contributed by atoms with Crippen LogP contribution in [0.15, 0.2) is 18.2 Å². The van der Waals surface area contributed by atoms with Gasteiger partial charge < -0.3 is 10.2 Å². The molecule has 0 bridgehead atoms. The number of nitrogens with zero attached hydrogens (tertiary/aromatic N) is 2. The zero-order valence-electron chi connectivity index (χ0n) is 12.0. The summed E-state index contributed by atoms with van der Waals surface area (Å²) in [5, 5.41) is 13.0. The molecule has 0 amide bonds. The first-order chi connectivity index (χ1) is 9.72. The summed E-state index contributed by atoms with van der Waals surface area (Å²) in [5.41, 5.74) is 1.55. The zero-order chi connectivity index (χ0) is 14.4. The van der Waals surface area contributed by atoms with Crippen LogP contribution in [0.25, 0.3) is 0 Å². The van der Waals surface area contributed by atoms with Crippen LogP contribution in [-0.4, -0.2) is 30.6 Å². The van der Waals surface area contributed by atoms with E-state index in [4.69, 9.17) is 16.9 Å². The number of nitrogens with one attached hydrogen (secondary N) is 1. The fourth-order valence-corrected chi connectivity index (χ4v) is 3.00. The molecular formula is C16H22ClN3. The normalized spacial score (nSPS) is 20.1. The lowest BCUT2D eigenvalue weighted by Crippen LogP contribution is -2.27. The highest BCUT2D eigenvalue weighted by atomic mass is 35.5. The van der Waals surface area contributed by atoms with Crippen molar-refractivity contribution in [2.24, 2.45) is 0 Å². The van der Waals surface area contributed by atoms with Gasteiger partial charge in [0.2, 0.25) is 0 Å². The lowest BCUT2D eigenvalue weighted by atomic mass is 10.1. The van der Waals surface area contributed by atoms with Gasteiger partial charge in [-0.15, -0.1) is 0 Å². The molecule has 3 nitrogen and oxygen atoms in total. The summed E-state index contributed by atoms with van der Waals surface area (Å²) >= 11 is 6.22. The molecule has 0 aromatic heterocycles. The third-order valence-electron chi connectivity index (χ3n) is 3.82. The Morgan fingerprint density at radius 1 is 1.40 bits per heavy atom. The summed E-state index contributed by atoms with van der Waals surface area (Å²) in [7, 11) is 0. The molecule has 1 saturated heterocycles. The van der Waals surface area contributed by atoms with Gasteiger partial charge in [0.15, 0.2) is 0 Å². The van der Waals surface area contributed by atoms with Crippen molar-refractivity contribution in [2.45, 2.75) is 38.6 Å². The molecule has 2 rings (SSSR count). The Morgan fingerprint density at radius 3 is 2.95 bits per heavy atom. The van der Waals surface area contributed by atoms with Gasteiger partial charge >= 0.3 is 0 Å². The van der Waals surface area contributed by atoms with Crippen LogP contribution in [0, 0.1) is 11.3 Å². The van der Waals surface area contributed by atoms with E-state index in [-0.39, 0.29) is 0 Å². The van der Waals surface area contributed by atoms with Crippen molar-refractivity contribution < 1.29 is 0 Å². The average Bonchev–Trinajstić information content (AvgIpc) is 2.67. The van der Waals surface area contributed by atoms with Crippen molar-refractivity contribution in [1.82, 2.24) is 4.90 Å². The second kappa shape index (κ2) is 7.52. The molecule has 1 aromatic carbocycles. The highest BCUT2D eigenvalue weighted by molar-refractivity contribution is 6.33. The molecule has 1 heterocycles. The maximum atomic E-state index is 8.86. The minimum Gasteiger partial charge on any atom is -0.381 e. The van der Waals surface area contributed by atoms with Gasteiger partial charge in [-0.25, -0.2) is 0 Å². The number of hydrogen-bond acceptors (Lipinski definition) is 3. The first-order valence-electron chi connectivity index (χ1n) is 7.41. The smallest absolute Gasteiger partial charge is 0.0992 e. The third kappa shape index (κ3) is 4.13. The summed E-state index contributed by atoms with van der Waals surface area (Å²) in [6, 6.07) is 8.04. The van der Waals surface area contributed by atoms with Crippen LogP contribution in [0.5, 0.6) is 0 Å². The number of likely N-dealkylation sites (tertiary alicyclic amines) is 1. The van der Waals surface area contributed by atoms with E-state index in [2.05, 4.69) is 23.2 Å². The topological polar surface area (TPSA) is 39.1 Å². The molecule has 0 spiro atoms. The molecule has 4 heteroatoms. The molecule has 0 radical (unpaired) electrons. The second-order valence-corrected chi connectivity index (χ2v) is 5.83. The maximum absolute atomic E-state index is 8.86. The zero-order valence-corrected chi connectivity index (χ0v) is 12.8. The summed E-state index contributed by atoms with van der Waals surface area (Å²) in [5.74, 6) is 0. The average molecular weight is 292 g/mol. The molecule has 20 heavy (non-hydrogen) atoms. The number of nitriles is 1. The van der Waals surface area contributed by atoms with Gasteiger partial charge in [-0.3, -0.25) is 0 Å². The van der Waals surface area contributed by atoms with E-state index in [9.17, 15) is 0 Å². The van der Waals surface area contributed by atoms with E-state index in [1.165, 1.54) is 32.4 Å². The summed E-state index contributed by atoms with van der Waals surface area (Å²) in [6.07, 6.45) is 4.78. The van der Waals surface area contributed by atoms with Gasteiger partial charge in [-0.1, -0.05) is 18.5 Å². The van der Waals surface area contributed by atoms with E-state index in [0.29, 0.717) is 16.6 Å². The van der Waals surface area contributed by atoms with Crippen molar-refractivity contribution >= 4 is 17.3 Å². The highest BCUT2D eigenvalue weighted by Crippen LogP contribution is 2.25. The fourth-order valence-electron chi connectivity index (χ4n) is 2.76. The van der Waals surface area contributed by atoms with Gasteiger partial charge in [0.05, 0.1) is 22.3 Å². The van der Waals surface area contributed by atoms with Crippen molar-refractivity contribution in [3.8, 4) is 6.07 Å². The fraction of sp³-hybridized carbons (Fsp3) is 0.562. The minimum atomic E-state index is 0.474. The van der Waals surface area contributed by atoms with Crippen LogP contribution in [0.4, 0.5) is 5.69 Å². The van der Waals surface area contributed by atoms with E-state index in [1.54, 1.807) is 6.07 Å². The number of rotatable bonds is 4. The summed E-state index contributed by atoms with van der Waals surface area (Å²) in [6.45, 7) is 5.79. The predicted molar refractivity (Wildman–Crippen MR) is 84.2 cm³/mol. The van der Waals surface area contributed by atoms with Crippen LogP contribution in [0.1, 0.15) is 38.2 Å². The Balaban J connectivity index is 1.95. The molecule has 0 aliphatic carbocycles. The Bertz CT molecular complexity index is 481. The Hall–Kier alpha value is -1.24. The molecule has 1 aromatic rings. The first kappa shape index (κ1) is 15.2. The van der Waals surface area contributed by atoms with Crippen molar-refractivity contribution in [3.63, 3.8) is 0 Å². The first-order valence-corrected chi connectivity index (χ1v) is 7.79. The van der Waals surface area contributed by atoms with Gasteiger partial charge in [0, 0.05) is 12.6 Å². The second-order valence-electron chi connectivity index (χ2n) is 5.42. The largest absolute Gasteiger partial charge is 0.381 e. The molecule has 1 fully saturated rings. The molecule has 1 aliphatic rings. The molecule has 1 unspecified atom stereocenters. The van der Waals surface area contributed by atoms with E-state index in [0.717, 1.165) is 18.7 Å². The van der Waals surface area contributed by atoms with Crippen LogP contribution in [0.3, 0.4) is 0 Å². The van der Waals surface area contributed by atoms with E-state index in [1.807, 2.05) is 12.1 Å². The number of halogens is 1. The van der Waals surface area contributed by atoms with Gasteiger partial charge in [-0.05, 0) is 57.0 Å². The van der Waals surface area contributed by atoms with Crippen molar-refractivity contribution in [1.29, 1.82) is 5.26 Å². The monoisotopic (exact) mass is 291 g/mol. The third-order valence-corrected chi connectivity index (χ3v) is 4.13. The van der Waals surface area contributed by atoms with Crippen LogP contribution in [-0.2, 0) is 0 Å². The Labute approximate surface area is 126 Å². The van der Waals surface area contributed by atoms with Gasteiger partial charge in [-0.2, -0.15) is 5.26 Å². The van der Waals surface area contributed by atoms with Crippen LogP contribution < -0.4 is 5.32 Å². The van der Waals surface area contributed by atoms with Crippen LogP contribution >= 0.6 is 11.6 Å². The quantitative estimate of drug-likeness (QED) is 0.915. The highest BCUT2D eigenvalue weighted by Gasteiger charge is 2.17. The molecule has 1 N–H and O–H groups in total. The van der Waals surface area contributed by atoms with E-state index >= 15 is 0 Å². The summed E-state index contributed by atoms with van der Waals surface area (Å²) in [4.78, 5) is 2.54. The molecule has 1 aliphatic heterocycles. The number of benzene rings is 1. The lowest BCUT2D eigenvalue weighted by Gasteiger charge is -2.20. The van der Waals surface area contributed by atoms with E-state index < -0.39 is 0 Å². The molecule has 108 valence electrons.